The number of nitrogen functional groups attached to an aromatic ring is 1. The molecule has 0 aliphatic carbocycles. The Hall–Kier alpha value is -1.79. The molecule has 1 heterocycles. The maximum absolute atomic E-state index is 5.91. The van der Waals surface area contributed by atoms with Gasteiger partial charge in [-0.05, 0) is 18.2 Å². The zero-order valence-corrected chi connectivity index (χ0v) is 11.1. The van der Waals surface area contributed by atoms with Crippen molar-refractivity contribution in [3.05, 3.63) is 34.2 Å². The summed E-state index contributed by atoms with van der Waals surface area (Å²) in [7, 11) is 1.59. The Morgan fingerprint density at radius 1 is 1.56 bits per heavy atom. The minimum absolute atomic E-state index is 0.470. The molecule has 0 unspecified atom stereocenters. The standard InChI is InChI=1S/C11H11ClN4OS/c1-17-9-3-2-8(12)4-7(9)5-14-16-11-15-10(13)6-18-11/h2-6H,13H2,1H3,(H,15,16). The zero-order valence-electron chi connectivity index (χ0n) is 9.55. The van der Waals surface area contributed by atoms with Crippen LogP contribution in [0, 0.1) is 0 Å². The van der Waals surface area contributed by atoms with Gasteiger partial charge in [-0.15, -0.1) is 11.3 Å². The van der Waals surface area contributed by atoms with E-state index in [1.165, 1.54) is 11.3 Å². The quantitative estimate of drug-likeness (QED) is 0.668. The average molecular weight is 283 g/mol. The summed E-state index contributed by atoms with van der Waals surface area (Å²) in [5.74, 6) is 1.17. The Kier molecular flexibility index (Phi) is 4.01. The smallest absolute Gasteiger partial charge is 0.205 e. The summed E-state index contributed by atoms with van der Waals surface area (Å²) < 4.78 is 5.20. The SMILES string of the molecule is COc1ccc(Cl)cc1C=NNc1nc(N)cs1. The van der Waals surface area contributed by atoms with E-state index in [2.05, 4.69) is 15.5 Å². The molecular weight excluding hydrogens is 272 g/mol. The van der Waals surface area contributed by atoms with Crippen molar-refractivity contribution < 1.29 is 4.74 Å². The number of rotatable bonds is 4. The number of methoxy groups -OCH3 is 1. The van der Waals surface area contributed by atoms with E-state index in [0.717, 1.165) is 5.56 Å². The zero-order chi connectivity index (χ0) is 13.0. The monoisotopic (exact) mass is 282 g/mol. The lowest BCUT2D eigenvalue weighted by Crippen LogP contribution is -1.94. The minimum Gasteiger partial charge on any atom is -0.496 e. The fraction of sp³-hybridized carbons (Fsp3) is 0.0909. The number of hydrazone groups is 1. The van der Waals surface area contributed by atoms with E-state index in [4.69, 9.17) is 22.1 Å². The highest BCUT2D eigenvalue weighted by Gasteiger charge is 2.01. The lowest BCUT2D eigenvalue weighted by molar-refractivity contribution is 0.414. The van der Waals surface area contributed by atoms with Crippen LogP contribution in [0.4, 0.5) is 10.9 Å². The number of aromatic nitrogens is 1. The van der Waals surface area contributed by atoms with Gasteiger partial charge in [0.15, 0.2) is 0 Å². The normalized spacial score (nSPS) is 10.8. The second-order valence-corrected chi connectivity index (χ2v) is 4.63. The van der Waals surface area contributed by atoms with Gasteiger partial charge in [0.25, 0.3) is 0 Å². The third-order valence-corrected chi connectivity index (χ3v) is 3.08. The molecule has 18 heavy (non-hydrogen) atoms. The second kappa shape index (κ2) is 5.70. The highest BCUT2D eigenvalue weighted by Crippen LogP contribution is 2.21. The van der Waals surface area contributed by atoms with Crippen molar-refractivity contribution in [1.82, 2.24) is 4.98 Å². The average Bonchev–Trinajstić information content (AvgIpc) is 2.75. The molecule has 3 N–H and O–H groups in total. The van der Waals surface area contributed by atoms with Gasteiger partial charge in [-0.25, -0.2) is 4.98 Å². The predicted octanol–water partition coefficient (Wildman–Crippen LogP) is 2.83. The van der Waals surface area contributed by atoms with Crippen molar-refractivity contribution >= 4 is 40.1 Å². The van der Waals surface area contributed by atoms with Crippen LogP contribution in [0.25, 0.3) is 0 Å². The summed E-state index contributed by atoms with van der Waals surface area (Å²) >= 11 is 7.29. The number of nitrogens with two attached hydrogens (primary N) is 1. The van der Waals surface area contributed by atoms with Gasteiger partial charge in [0, 0.05) is 16.0 Å². The lowest BCUT2D eigenvalue weighted by Gasteiger charge is -2.04. The van der Waals surface area contributed by atoms with Gasteiger partial charge in [-0.1, -0.05) is 11.6 Å². The summed E-state index contributed by atoms with van der Waals surface area (Å²) in [6.45, 7) is 0. The molecule has 0 fully saturated rings. The summed E-state index contributed by atoms with van der Waals surface area (Å²) in [5, 5.41) is 7.04. The van der Waals surface area contributed by atoms with E-state index in [0.29, 0.717) is 21.7 Å². The van der Waals surface area contributed by atoms with E-state index >= 15 is 0 Å². The van der Waals surface area contributed by atoms with Crippen LogP contribution in [-0.2, 0) is 0 Å². The first-order valence-electron chi connectivity index (χ1n) is 5.02. The molecule has 0 bridgehead atoms. The summed E-state index contributed by atoms with van der Waals surface area (Å²) in [4.78, 5) is 4.02. The number of hydrogen-bond donors (Lipinski definition) is 2. The second-order valence-electron chi connectivity index (χ2n) is 3.33. The Bertz CT molecular complexity index is 570. The maximum Gasteiger partial charge on any atom is 0.205 e. The van der Waals surface area contributed by atoms with Crippen molar-refractivity contribution in [2.24, 2.45) is 5.10 Å². The number of thiazole rings is 1. The fourth-order valence-electron chi connectivity index (χ4n) is 1.30. The molecule has 5 nitrogen and oxygen atoms in total. The molecule has 0 radical (unpaired) electrons. The third-order valence-electron chi connectivity index (χ3n) is 2.08. The summed E-state index contributed by atoms with van der Waals surface area (Å²) in [6.07, 6.45) is 1.61. The van der Waals surface area contributed by atoms with E-state index in [1.54, 1.807) is 36.9 Å². The summed E-state index contributed by atoms with van der Waals surface area (Å²) in [5.41, 5.74) is 9.06. The Morgan fingerprint density at radius 2 is 2.39 bits per heavy atom. The molecule has 0 atom stereocenters. The van der Waals surface area contributed by atoms with E-state index in [1.807, 2.05) is 0 Å². The molecule has 0 aliphatic heterocycles. The van der Waals surface area contributed by atoms with Gasteiger partial charge in [0.2, 0.25) is 5.13 Å². The molecule has 2 rings (SSSR count). The molecule has 7 heteroatoms. The van der Waals surface area contributed by atoms with Gasteiger partial charge < -0.3 is 10.5 Å². The third kappa shape index (κ3) is 3.12. The van der Waals surface area contributed by atoms with Gasteiger partial charge in [0.05, 0.1) is 13.3 Å². The number of halogens is 1. The van der Waals surface area contributed by atoms with Crippen LogP contribution >= 0.6 is 22.9 Å². The van der Waals surface area contributed by atoms with Crippen LogP contribution in [0.15, 0.2) is 28.7 Å². The molecule has 0 saturated carbocycles. The molecule has 2 aromatic rings. The predicted molar refractivity (Wildman–Crippen MR) is 75.7 cm³/mol. The summed E-state index contributed by atoms with van der Waals surface area (Å²) in [6, 6.07) is 5.31. The van der Waals surface area contributed by atoms with Crippen molar-refractivity contribution in [1.29, 1.82) is 0 Å². The maximum atomic E-state index is 5.91. The topological polar surface area (TPSA) is 72.5 Å². The Labute approximate surface area is 113 Å². The molecule has 0 aliphatic rings. The molecule has 1 aromatic heterocycles. The van der Waals surface area contributed by atoms with Gasteiger partial charge in [0.1, 0.15) is 11.6 Å². The van der Waals surface area contributed by atoms with Gasteiger partial charge >= 0.3 is 0 Å². The molecule has 1 aromatic carbocycles. The number of ether oxygens (including phenoxy) is 1. The van der Waals surface area contributed by atoms with Crippen LogP contribution in [0.2, 0.25) is 5.02 Å². The van der Waals surface area contributed by atoms with Crippen molar-refractivity contribution in [2.75, 3.05) is 18.3 Å². The Balaban J connectivity index is 2.11. The van der Waals surface area contributed by atoms with Gasteiger partial charge in [-0.2, -0.15) is 5.10 Å². The fourth-order valence-corrected chi connectivity index (χ4v) is 2.03. The number of hydrogen-bond acceptors (Lipinski definition) is 6. The number of nitrogens with zero attached hydrogens (tertiary/aromatic N) is 2. The lowest BCUT2D eigenvalue weighted by atomic mass is 10.2. The first-order valence-corrected chi connectivity index (χ1v) is 6.28. The first kappa shape index (κ1) is 12.7. The number of anilines is 2. The molecule has 0 amide bonds. The molecule has 94 valence electrons. The van der Waals surface area contributed by atoms with Gasteiger partial charge in [-0.3, -0.25) is 5.43 Å². The van der Waals surface area contributed by atoms with Crippen LogP contribution in [0.5, 0.6) is 5.75 Å². The van der Waals surface area contributed by atoms with E-state index < -0.39 is 0 Å². The van der Waals surface area contributed by atoms with Crippen molar-refractivity contribution in [3.8, 4) is 5.75 Å². The first-order chi connectivity index (χ1) is 8.69. The highest BCUT2D eigenvalue weighted by atomic mass is 35.5. The van der Waals surface area contributed by atoms with Crippen molar-refractivity contribution in [2.45, 2.75) is 0 Å². The van der Waals surface area contributed by atoms with Crippen LogP contribution in [0.1, 0.15) is 5.56 Å². The largest absolute Gasteiger partial charge is 0.496 e. The van der Waals surface area contributed by atoms with Crippen LogP contribution in [-0.4, -0.2) is 18.3 Å². The Morgan fingerprint density at radius 3 is 3.06 bits per heavy atom. The van der Waals surface area contributed by atoms with E-state index in [9.17, 15) is 0 Å². The minimum atomic E-state index is 0.470. The van der Waals surface area contributed by atoms with Crippen molar-refractivity contribution in [3.63, 3.8) is 0 Å². The highest BCUT2D eigenvalue weighted by molar-refractivity contribution is 7.14. The molecule has 0 spiro atoms. The van der Waals surface area contributed by atoms with Crippen LogP contribution in [0.3, 0.4) is 0 Å². The van der Waals surface area contributed by atoms with Crippen LogP contribution < -0.4 is 15.9 Å². The van der Waals surface area contributed by atoms with E-state index in [-0.39, 0.29) is 0 Å². The number of benzene rings is 1. The molecular formula is C11H11ClN4OS. The number of nitrogens with one attached hydrogen (secondary N) is 1. The molecule has 0 saturated heterocycles.